The molecule has 0 saturated carbocycles. The molecule has 2 saturated heterocycles. The van der Waals surface area contributed by atoms with Gasteiger partial charge in [0.05, 0.1) is 10.5 Å². The largest absolute Gasteiger partial charge is 0.299 e. The molecule has 2 unspecified atom stereocenters. The Balaban J connectivity index is 2.09. The van der Waals surface area contributed by atoms with Crippen LogP contribution in [0.25, 0.3) is 0 Å². The number of ketones is 1. The second-order valence-electron chi connectivity index (χ2n) is 6.00. The van der Waals surface area contributed by atoms with Crippen molar-refractivity contribution in [3.63, 3.8) is 0 Å². The van der Waals surface area contributed by atoms with Crippen LogP contribution in [0.15, 0.2) is 0 Å². The minimum absolute atomic E-state index is 0.0104. The Kier molecular flexibility index (Phi) is 3.62. The van der Waals surface area contributed by atoms with Gasteiger partial charge in [-0.25, -0.2) is 8.42 Å². The van der Waals surface area contributed by atoms with Crippen molar-refractivity contribution >= 4 is 15.6 Å². The van der Waals surface area contributed by atoms with Gasteiger partial charge < -0.3 is 0 Å². The van der Waals surface area contributed by atoms with Gasteiger partial charge in [0, 0.05) is 12.3 Å². The van der Waals surface area contributed by atoms with Crippen molar-refractivity contribution in [1.82, 2.24) is 0 Å². The summed E-state index contributed by atoms with van der Waals surface area (Å²) in [4.78, 5) is 12.1. The van der Waals surface area contributed by atoms with Gasteiger partial charge in [-0.1, -0.05) is 20.3 Å². The zero-order chi connectivity index (χ0) is 12.6. The summed E-state index contributed by atoms with van der Waals surface area (Å²) in [6, 6.07) is 0. The van der Waals surface area contributed by atoms with Gasteiger partial charge in [-0.2, -0.15) is 0 Å². The third kappa shape index (κ3) is 2.56. The number of hydrogen-bond donors (Lipinski definition) is 0. The van der Waals surface area contributed by atoms with E-state index in [1.54, 1.807) is 0 Å². The molecule has 2 heterocycles. The van der Waals surface area contributed by atoms with Crippen molar-refractivity contribution in [2.24, 2.45) is 11.8 Å². The fourth-order valence-electron chi connectivity index (χ4n) is 3.24. The lowest BCUT2D eigenvalue weighted by atomic mass is 9.84. The van der Waals surface area contributed by atoms with Crippen molar-refractivity contribution < 1.29 is 13.2 Å². The van der Waals surface area contributed by atoms with E-state index in [1.165, 1.54) is 0 Å². The second kappa shape index (κ2) is 4.71. The normalized spacial score (nSPS) is 35.8. The SMILES string of the molecule is CC(C)CC(=O)C1CC2CCCC(C1)S2(=O)=O. The number of carbonyl (C=O) groups excluding carboxylic acids is 1. The van der Waals surface area contributed by atoms with Crippen LogP contribution in [0.3, 0.4) is 0 Å². The first kappa shape index (κ1) is 13.1. The molecule has 4 heteroatoms. The number of sulfone groups is 1. The van der Waals surface area contributed by atoms with Crippen LogP contribution in [0.4, 0.5) is 0 Å². The molecule has 0 aromatic rings. The molecule has 98 valence electrons. The Bertz CT molecular complexity index is 377. The van der Waals surface area contributed by atoms with Crippen LogP contribution in [0.1, 0.15) is 52.4 Å². The summed E-state index contributed by atoms with van der Waals surface area (Å²) in [5.74, 6) is 0.670. The maximum Gasteiger partial charge on any atom is 0.156 e. The number of fused-ring (bicyclic) bond motifs is 2. The quantitative estimate of drug-likeness (QED) is 0.780. The molecular formula is C13H22O3S. The average molecular weight is 258 g/mol. The standard InChI is InChI=1S/C13H22O3S/c1-9(2)6-13(14)10-7-11-4-3-5-12(8-10)17(11,15)16/h9-12H,3-8H2,1-2H3. The van der Waals surface area contributed by atoms with Gasteiger partial charge >= 0.3 is 0 Å². The molecule has 2 rings (SSSR count). The molecule has 3 nitrogen and oxygen atoms in total. The molecule has 2 aliphatic rings. The van der Waals surface area contributed by atoms with Gasteiger partial charge in [0.25, 0.3) is 0 Å². The molecular weight excluding hydrogens is 236 g/mol. The smallest absolute Gasteiger partial charge is 0.156 e. The summed E-state index contributed by atoms with van der Waals surface area (Å²) in [5, 5.41) is -0.452. The summed E-state index contributed by atoms with van der Waals surface area (Å²) in [7, 11) is -2.91. The van der Waals surface area contributed by atoms with E-state index in [0.29, 0.717) is 25.2 Å². The fourth-order valence-corrected chi connectivity index (χ4v) is 5.78. The highest BCUT2D eigenvalue weighted by Crippen LogP contribution is 2.40. The van der Waals surface area contributed by atoms with E-state index in [0.717, 1.165) is 19.3 Å². The van der Waals surface area contributed by atoms with E-state index < -0.39 is 9.84 Å². The van der Waals surface area contributed by atoms with E-state index in [9.17, 15) is 13.2 Å². The zero-order valence-electron chi connectivity index (χ0n) is 10.7. The summed E-state index contributed by atoms with van der Waals surface area (Å²) in [5.41, 5.74) is 0. The second-order valence-corrected chi connectivity index (χ2v) is 8.51. The number of carbonyl (C=O) groups is 1. The van der Waals surface area contributed by atoms with Crippen LogP contribution in [-0.2, 0) is 14.6 Å². The Hall–Kier alpha value is -0.380. The van der Waals surface area contributed by atoms with E-state index in [4.69, 9.17) is 0 Å². The minimum Gasteiger partial charge on any atom is -0.299 e. The van der Waals surface area contributed by atoms with Crippen LogP contribution in [0.5, 0.6) is 0 Å². The van der Waals surface area contributed by atoms with E-state index in [-0.39, 0.29) is 22.2 Å². The van der Waals surface area contributed by atoms with Crippen molar-refractivity contribution in [3.8, 4) is 0 Å². The maximum absolute atomic E-state index is 12.1. The first-order valence-corrected chi connectivity index (χ1v) is 8.27. The highest BCUT2D eigenvalue weighted by molar-refractivity contribution is 7.92. The van der Waals surface area contributed by atoms with Gasteiger partial charge in [0.1, 0.15) is 5.78 Å². The van der Waals surface area contributed by atoms with Gasteiger partial charge in [0.15, 0.2) is 9.84 Å². The van der Waals surface area contributed by atoms with Crippen LogP contribution in [0.2, 0.25) is 0 Å². The van der Waals surface area contributed by atoms with E-state index >= 15 is 0 Å². The summed E-state index contributed by atoms with van der Waals surface area (Å²) < 4.78 is 24.1. The van der Waals surface area contributed by atoms with E-state index in [2.05, 4.69) is 0 Å². The summed E-state index contributed by atoms with van der Waals surface area (Å²) in [6.45, 7) is 4.08. The van der Waals surface area contributed by atoms with Crippen LogP contribution in [-0.4, -0.2) is 24.7 Å². The number of Topliss-reactive ketones (excluding diaryl/α,β-unsaturated/α-hetero) is 1. The third-order valence-corrected chi connectivity index (χ3v) is 6.86. The molecule has 0 amide bonds. The lowest BCUT2D eigenvalue weighted by Gasteiger charge is -2.38. The molecule has 2 bridgehead atoms. The monoisotopic (exact) mass is 258 g/mol. The molecule has 0 aliphatic carbocycles. The van der Waals surface area contributed by atoms with Crippen LogP contribution in [0, 0.1) is 11.8 Å². The van der Waals surface area contributed by atoms with Crippen LogP contribution < -0.4 is 0 Å². The maximum atomic E-state index is 12.1. The predicted octanol–water partition coefficient (Wildman–Crippen LogP) is 2.35. The number of hydrogen-bond acceptors (Lipinski definition) is 3. The van der Waals surface area contributed by atoms with Gasteiger partial charge in [0.2, 0.25) is 0 Å². The Morgan fingerprint density at radius 1 is 1.18 bits per heavy atom. The molecule has 0 spiro atoms. The first-order chi connectivity index (χ1) is 7.91. The highest BCUT2D eigenvalue weighted by Gasteiger charge is 2.45. The summed E-state index contributed by atoms with van der Waals surface area (Å²) in [6.07, 6.45) is 4.33. The highest BCUT2D eigenvalue weighted by atomic mass is 32.2. The topological polar surface area (TPSA) is 51.2 Å². The van der Waals surface area contributed by atoms with Crippen molar-refractivity contribution in [1.29, 1.82) is 0 Å². The summed E-state index contributed by atoms with van der Waals surface area (Å²) >= 11 is 0. The van der Waals surface area contributed by atoms with E-state index in [1.807, 2.05) is 13.8 Å². The third-order valence-electron chi connectivity index (χ3n) is 4.14. The Labute approximate surface area is 104 Å². The van der Waals surface area contributed by atoms with Gasteiger partial charge in [-0.15, -0.1) is 0 Å². The Morgan fingerprint density at radius 3 is 2.18 bits per heavy atom. The molecule has 2 fully saturated rings. The van der Waals surface area contributed by atoms with Gasteiger partial charge in [-0.05, 0) is 31.6 Å². The fraction of sp³-hybridized carbons (Fsp3) is 0.923. The number of rotatable bonds is 3. The zero-order valence-corrected chi connectivity index (χ0v) is 11.5. The van der Waals surface area contributed by atoms with Crippen molar-refractivity contribution in [2.75, 3.05) is 0 Å². The van der Waals surface area contributed by atoms with Gasteiger partial charge in [-0.3, -0.25) is 4.79 Å². The molecule has 0 aromatic heterocycles. The lowest BCUT2D eigenvalue weighted by molar-refractivity contribution is -0.124. The first-order valence-electron chi connectivity index (χ1n) is 6.66. The predicted molar refractivity (Wildman–Crippen MR) is 67.5 cm³/mol. The molecule has 0 radical (unpaired) electrons. The molecule has 2 atom stereocenters. The van der Waals surface area contributed by atoms with Crippen molar-refractivity contribution in [3.05, 3.63) is 0 Å². The lowest BCUT2D eigenvalue weighted by Crippen LogP contribution is -2.45. The molecule has 17 heavy (non-hydrogen) atoms. The molecule has 0 N–H and O–H groups in total. The Morgan fingerprint density at radius 2 is 1.71 bits per heavy atom. The van der Waals surface area contributed by atoms with Crippen molar-refractivity contribution in [2.45, 2.75) is 62.9 Å². The van der Waals surface area contributed by atoms with Crippen LogP contribution >= 0.6 is 0 Å². The molecule has 2 aliphatic heterocycles. The molecule has 0 aromatic carbocycles. The average Bonchev–Trinajstić information content (AvgIpc) is 2.13. The minimum atomic E-state index is -2.91.